The van der Waals surface area contributed by atoms with Crippen LogP contribution in [0.4, 0.5) is 0 Å². The quantitative estimate of drug-likeness (QED) is 0.627. The third kappa shape index (κ3) is 4.55. The van der Waals surface area contributed by atoms with Crippen LogP contribution in [-0.4, -0.2) is 18.3 Å². The van der Waals surface area contributed by atoms with E-state index in [-0.39, 0.29) is 6.61 Å². The van der Waals surface area contributed by atoms with Gasteiger partial charge in [0.15, 0.2) is 0 Å². The van der Waals surface area contributed by atoms with Crippen molar-refractivity contribution in [3.63, 3.8) is 0 Å². The van der Waals surface area contributed by atoms with Gasteiger partial charge in [0, 0.05) is 13.1 Å². The molecule has 0 heterocycles. The molecule has 0 amide bonds. The van der Waals surface area contributed by atoms with Crippen molar-refractivity contribution in [1.29, 1.82) is 0 Å². The number of hydrogen-bond acceptors (Lipinski definition) is 2. The smallest absolute Gasteiger partial charge is 0.0556 e. The fraction of sp³-hybridized carbons (Fsp3) is 0.263. The molecule has 0 aliphatic rings. The van der Waals surface area contributed by atoms with Crippen molar-refractivity contribution in [1.82, 2.24) is 5.32 Å². The third-order valence-corrected chi connectivity index (χ3v) is 3.55. The third-order valence-electron chi connectivity index (χ3n) is 3.55. The lowest BCUT2D eigenvalue weighted by atomic mass is 10.0. The lowest BCUT2D eigenvalue weighted by Crippen LogP contribution is -2.17. The molecule has 21 heavy (non-hydrogen) atoms. The number of benzene rings is 2. The van der Waals surface area contributed by atoms with Gasteiger partial charge in [-0.1, -0.05) is 54.6 Å². The number of nitrogens with one attached hydrogen (secondary N) is 1. The van der Waals surface area contributed by atoms with E-state index in [4.69, 9.17) is 5.11 Å². The van der Waals surface area contributed by atoms with Gasteiger partial charge in [0.1, 0.15) is 0 Å². The first-order valence-corrected chi connectivity index (χ1v) is 7.35. The van der Waals surface area contributed by atoms with E-state index in [2.05, 4.69) is 73.8 Å². The number of aryl methyl sites for hydroxylation is 2. The molecule has 0 aliphatic carbocycles. The summed E-state index contributed by atoms with van der Waals surface area (Å²) in [6.45, 7) is 5.87. The van der Waals surface area contributed by atoms with Gasteiger partial charge in [-0.2, -0.15) is 0 Å². The molecule has 2 aromatic rings. The Kier molecular flexibility index (Phi) is 5.73. The van der Waals surface area contributed by atoms with Crippen molar-refractivity contribution >= 4 is 12.2 Å². The van der Waals surface area contributed by atoms with Crippen LogP contribution in [0.2, 0.25) is 0 Å². The molecule has 2 rings (SSSR count). The molecule has 2 aromatic carbocycles. The van der Waals surface area contributed by atoms with Crippen LogP contribution in [0, 0.1) is 13.8 Å². The standard InChI is InChI=1S/C19H23NO/c1-15-5-3-6-16(2)19(15)10-9-17-7-4-8-18(13-17)14-20-11-12-21/h3-10,13,20-21H,11-12,14H2,1-2H3/b10-9+. The Balaban J connectivity index is 2.12. The van der Waals surface area contributed by atoms with Gasteiger partial charge < -0.3 is 10.4 Å². The predicted octanol–water partition coefficient (Wildman–Crippen LogP) is 3.56. The summed E-state index contributed by atoms with van der Waals surface area (Å²) in [6, 6.07) is 14.8. The average Bonchev–Trinajstić information content (AvgIpc) is 2.47. The monoisotopic (exact) mass is 281 g/mol. The van der Waals surface area contributed by atoms with Crippen molar-refractivity contribution in [2.75, 3.05) is 13.2 Å². The van der Waals surface area contributed by atoms with E-state index in [0.717, 1.165) is 6.54 Å². The topological polar surface area (TPSA) is 32.3 Å². The second-order valence-corrected chi connectivity index (χ2v) is 5.28. The van der Waals surface area contributed by atoms with Gasteiger partial charge in [-0.05, 0) is 41.7 Å². The molecule has 0 saturated carbocycles. The Morgan fingerprint density at radius 3 is 2.43 bits per heavy atom. The number of aliphatic hydroxyl groups is 1. The Hall–Kier alpha value is -1.90. The molecule has 0 aromatic heterocycles. The van der Waals surface area contributed by atoms with Gasteiger partial charge in [0.05, 0.1) is 6.61 Å². The van der Waals surface area contributed by atoms with Gasteiger partial charge in [-0.25, -0.2) is 0 Å². The maximum atomic E-state index is 8.79. The molecule has 2 heteroatoms. The van der Waals surface area contributed by atoms with Crippen LogP contribution >= 0.6 is 0 Å². The zero-order valence-corrected chi connectivity index (χ0v) is 12.8. The van der Waals surface area contributed by atoms with Gasteiger partial charge >= 0.3 is 0 Å². The SMILES string of the molecule is Cc1cccc(C)c1/C=C/c1cccc(CNCCO)c1. The molecule has 0 atom stereocenters. The second-order valence-electron chi connectivity index (χ2n) is 5.28. The second kappa shape index (κ2) is 7.77. The zero-order chi connectivity index (χ0) is 15.1. The first kappa shape index (κ1) is 15.5. The first-order valence-electron chi connectivity index (χ1n) is 7.35. The van der Waals surface area contributed by atoms with E-state index >= 15 is 0 Å². The highest BCUT2D eigenvalue weighted by molar-refractivity contribution is 5.72. The van der Waals surface area contributed by atoms with E-state index in [0.29, 0.717) is 6.54 Å². The number of rotatable bonds is 6. The molecular formula is C19H23NO. The predicted molar refractivity (Wildman–Crippen MR) is 90.1 cm³/mol. The van der Waals surface area contributed by atoms with Crippen LogP contribution in [0.3, 0.4) is 0 Å². The minimum atomic E-state index is 0.173. The molecule has 0 spiro atoms. The summed E-state index contributed by atoms with van der Waals surface area (Å²) in [5.41, 5.74) is 6.31. The maximum absolute atomic E-state index is 8.79. The lowest BCUT2D eigenvalue weighted by molar-refractivity contribution is 0.292. The summed E-state index contributed by atoms with van der Waals surface area (Å²) in [4.78, 5) is 0. The van der Waals surface area contributed by atoms with Crippen molar-refractivity contribution < 1.29 is 5.11 Å². The fourth-order valence-electron chi connectivity index (χ4n) is 2.39. The Labute approximate surface area is 127 Å². The molecule has 2 nitrogen and oxygen atoms in total. The molecule has 2 N–H and O–H groups in total. The molecule has 110 valence electrons. The van der Waals surface area contributed by atoms with E-state index in [1.807, 2.05) is 0 Å². The minimum absolute atomic E-state index is 0.173. The minimum Gasteiger partial charge on any atom is -0.395 e. The van der Waals surface area contributed by atoms with Crippen LogP contribution in [0.1, 0.15) is 27.8 Å². The summed E-state index contributed by atoms with van der Waals surface area (Å²) < 4.78 is 0. The van der Waals surface area contributed by atoms with Crippen LogP contribution in [-0.2, 0) is 6.54 Å². The average molecular weight is 281 g/mol. The first-order chi connectivity index (χ1) is 10.2. The summed E-state index contributed by atoms with van der Waals surface area (Å²) >= 11 is 0. The summed E-state index contributed by atoms with van der Waals surface area (Å²) in [5, 5.41) is 12.0. The number of hydrogen-bond donors (Lipinski definition) is 2. The highest BCUT2D eigenvalue weighted by atomic mass is 16.3. The number of aliphatic hydroxyl groups excluding tert-OH is 1. The van der Waals surface area contributed by atoms with Crippen molar-refractivity contribution in [3.05, 3.63) is 70.3 Å². The van der Waals surface area contributed by atoms with Crippen LogP contribution in [0.5, 0.6) is 0 Å². The molecule has 0 fully saturated rings. The Morgan fingerprint density at radius 2 is 1.71 bits per heavy atom. The normalized spacial score (nSPS) is 11.2. The molecule has 0 bridgehead atoms. The van der Waals surface area contributed by atoms with E-state index in [1.54, 1.807) is 0 Å². The van der Waals surface area contributed by atoms with Crippen molar-refractivity contribution in [2.45, 2.75) is 20.4 Å². The lowest BCUT2D eigenvalue weighted by Gasteiger charge is -2.06. The summed E-state index contributed by atoms with van der Waals surface area (Å²) in [5.74, 6) is 0. The molecule has 0 saturated heterocycles. The molecular weight excluding hydrogens is 258 g/mol. The summed E-state index contributed by atoms with van der Waals surface area (Å²) in [6.07, 6.45) is 4.34. The molecule has 0 aliphatic heterocycles. The highest BCUT2D eigenvalue weighted by Crippen LogP contribution is 2.17. The van der Waals surface area contributed by atoms with Crippen molar-refractivity contribution in [3.8, 4) is 0 Å². The van der Waals surface area contributed by atoms with Gasteiger partial charge in [0.2, 0.25) is 0 Å². The fourth-order valence-corrected chi connectivity index (χ4v) is 2.39. The summed E-state index contributed by atoms with van der Waals surface area (Å²) in [7, 11) is 0. The van der Waals surface area contributed by atoms with E-state index in [9.17, 15) is 0 Å². The molecule has 0 unspecified atom stereocenters. The van der Waals surface area contributed by atoms with Crippen molar-refractivity contribution in [2.24, 2.45) is 0 Å². The van der Waals surface area contributed by atoms with E-state index in [1.165, 1.54) is 27.8 Å². The maximum Gasteiger partial charge on any atom is 0.0556 e. The molecule has 0 radical (unpaired) electrons. The van der Waals surface area contributed by atoms with Gasteiger partial charge in [-0.15, -0.1) is 0 Å². The Morgan fingerprint density at radius 1 is 1.00 bits per heavy atom. The van der Waals surface area contributed by atoms with Gasteiger partial charge in [0.25, 0.3) is 0 Å². The zero-order valence-electron chi connectivity index (χ0n) is 12.8. The highest BCUT2D eigenvalue weighted by Gasteiger charge is 1.98. The Bertz CT molecular complexity index is 596. The largest absolute Gasteiger partial charge is 0.395 e. The van der Waals surface area contributed by atoms with Gasteiger partial charge in [-0.3, -0.25) is 0 Å². The van der Waals surface area contributed by atoms with Crippen LogP contribution in [0.15, 0.2) is 42.5 Å². The van der Waals surface area contributed by atoms with E-state index < -0.39 is 0 Å². The van der Waals surface area contributed by atoms with Crippen LogP contribution in [0.25, 0.3) is 12.2 Å². The van der Waals surface area contributed by atoms with Crippen LogP contribution < -0.4 is 5.32 Å².